The maximum atomic E-state index is 10.8. The van der Waals surface area contributed by atoms with Crippen LogP contribution in [0.3, 0.4) is 0 Å². The van der Waals surface area contributed by atoms with Crippen LogP contribution in [0, 0.1) is 0 Å². The van der Waals surface area contributed by atoms with Gasteiger partial charge in [-0.2, -0.15) is 0 Å². The topological polar surface area (TPSA) is 62.2 Å². The third kappa shape index (κ3) is 2.42. The molecule has 0 aliphatic heterocycles. The molecule has 0 bridgehead atoms. The van der Waals surface area contributed by atoms with Crippen LogP contribution in [0.4, 0.5) is 5.00 Å². The summed E-state index contributed by atoms with van der Waals surface area (Å²) >= 11 is 6.32. The highest BCUT2D eigenvalue weighted by molar-refractivity contribution is 9.10. The van der Waals surface area contributed by atoms with Crippen molar-refractivity contribution < 1.29 is 9.90 Å². The number of hydrogen-bond acceptors (Lipinski definition) is 5. The quantitative estimate of drug-likeness (QED) is 0.908. The van der Waals surface area contributed by atoms with Crippen LogP contribution in [0.2, 0.25) is 0 Å². The first-order valence-electron chi connectivity index (χ1n) is 4.31. The van der Waals surface area contributed by atoms with Crippen molar-refractivity contribution >= 4 is 49.6 Å². The Morgan fingerprint density at radius 1 is 1.56 bits per heavy atom. The maximum Gasteiger partial charge on any atom is 0.357 e. The Labute approximate surface area is 108 Å². The van der Waals surface area contributed by atoms with Crippen molar-refractivity contribution in [3.05, 3.63) is 32.0 Å². The van der Waals surface area contributed by atoms with Gasteiger partial charge in [0.15, 0.2) is 5.69 Å². The number of aromatic nitrogens is 1. The van der Waals surface area contributed by atoms with Crippen LogP contribution >= 0.6 is 38.6 Å². The molecule has 0 saturated heterocycles. The number of nitrogens with zero attached hydrogens (tertiary/aromatic N) is 1. The Morgan fingerprint density at radius 2 is 2.38 bits per heavy atom. The van der Waals surface area contributed by atoms with Gasteiger partial charge in [-0.1, -0.05) is 0 Å². The molecule has 0 aromatic carbocycles. The number of halogens is 1. The first-order valence-corrected chi connectivity index (χ1v) is 6.86. The van der Waals surface area contributed by atoms with Gasteiger partial charge in [-0.15, -0.1) is 22.7 Å². The molecule has 0 unspecified atom stereocenters. The number of nitrogens with one attached hydrogen (secondary N) is 1. The van der Waals surface area contributed by atoms with Crippen molar-refractivity contribution in [2.75, 3.05) is 5.32 Å². The average Bonchev–Trinajstić information content (AvgIpc) is 2.83. The number of anilines is 1. The van der Waals surface area contributed by atoms with E-state index in [-0.39, 0.29) is 5.69 Å². The van der Waals surface area contributed by atoms with E-state index in [0.29, 0.717) is 11.5 Å². The minimum Gasteiger partial charge on any atom is -0.476 e. The number of aromatic carboxylic acids is 1. The summed E-state index contributed by atoms with van der Waals surface area (Å²) in [6.07, 6.45) is 0. The number of hydrogen-bond donors (Lipinski definition) is 2. The van der Waals surface area contributed by atoms with Crippen molar-refractivity contribution in [2.24, 2.45) is 0 Å². The van der Waals surface area contributed by atoms with E-state index in [9.17, 15) is 4.79 Å². The molecule has 2 heterocycles. The molecule has 0 radical (unpaired) electrons. The third-order valence-corrected chi connectivity index (χ3v) is 4.58. The molecule has 16 heavy (non-hydrogen) atoms. The van der Waals surface area contributed by atoms with Crippen LogP contribution in [0.5, 0.6) is 0 Å². The second-order valence-electron chi connectivity index (χ2n) is 2.88. The number of thiazole rings is 1. The lowest BCUT2D eigenvalue weighted by atomic mass is 10.4. The molecule has 0 atom stereocenters. The average molecular weight is 319 g/mol. The standard InChI is InChI=1S/C9H7BrN2O2S2/c10-5-1-2-15-6(5)3-11-8-7(9(13)14)12-4-16-8/h1-2,4,11H,3H2,(H,13,14). The SMILES string of the molecule is O=C(O)c1ncsc1NCc1sccc1Br. The number of carboxylic acids is 1. The fraction of sp³-hybridized carbons (Fsp3) is 0.111. The van der Waals surface area contributed by atoms with Crippen molar-refractivity contribution in [1.29, 1.82) is 0 Å². The predicted molar refractivity (Wildman–Crippen MR) is 68.4 cm³/mol. The molecule has 7 heteroatoms. The summed E-state index contributed by atoms with van der Waals surface area (Å²) in [4.78, 5) is 15.7. The molecule has 0 fully saturated rings. The first kappa shape index (κ1) is 11.6. The first-order chi connectivity index (χ1) is 7.68. The fourth-order valence-corrected chi connectivity index (χ4v) is 3.24. The van der Waals surface area contributed by atoms with Gasteiger partial charge in [-0.3, -0.25) is 0 Å². The second-order valence-corrected chi connectivity index (χ2v) is 5.59. The van der Waals surface area contributed by atoms with Gasteiger partial charge in [-0.05, 0) is 27.4 Å². The zero-order valence-corrected chi connectivity index (χ0v) is 11.2. The molecule has 0 spiro atoms. The molecule has 0 aliphatic carbocycles. The van der Waals surface area contributed by atoms with Gasteiger partial charge in [-0.25, -0.2) is 9.78 Å². The van der Waals surface area contributed by atoms with Gasteiger partial charge in [0.25, 0.3) is 0 Å². The lowest BCUT2D eigenvalue weighted by molar-refractivity contribution is 0.0692. The highest BCUT2D eigenvalue weighted by Crippen LogP contribution is 2.26. The van der Waals surface area contributed by atoms with Crippen molar-refractivity contribution in [2.45, 2.75) is 6.54 Å². The van der Waals surface area contributed by atoms with Gasteiger partial charge < -0.3 is 10.4 Å². The number of carbonyl (C=O) groups is 1. The molecule has 2 aromatic rings. The number of thiophene rings is 1. The van der Waals surface area contributed by atoms with E-state index in [0.717, 1.165) is 9.35 Å². The van der Waals surface area contributed by atoms with E-state index in [4.69, 9.17) is 5.11 Å². The number of carboxylic acid groups (broad SMARTS) is 1. The van der Waals surface area contributed by atoms with Gasteiger partial charge >= 0.3 is 5.97 Å². The van der Waals surface area contributed by atoms with Gasteiger partial charge in [0.05, 0.1) is 12.1 Å². The van der Waals surface area contributed by atoms with E-state index in [1.54, 1.807) is 11.3 Å². The summed E-state index contributed by atoms with van der Waals surface area (Å²) in [5.74, 6) is -1.01. The lowest BCUT2D eigenvalue weighted by Crippen LogP contribution is -2.04. The van der Waals surface area contributed by atoms with Gasteiger partial charge in [0, 0.05) is 9.35 Å². The molecule has 84 valence electrons. The second kappa shape index (κ2) is 4.94. The summed E-state index contributed by atoms with van der Waals surface area (Å²) in [7, 11) is 0. The predicted octanol–water partition coefficient (Wildman–Crippen LogP) is 3.28. The van der Waals surface area contributed by atoms with Gasteiger partial charge in [0.2, 0.25) is 0 Å². The maximum absolute atomic E-state index is 10.8. The zero-order chi connectivity index (χ0) is 11.5. The van der Waals surface area contributed by atoms with Crippen LogP contribution < -0.4 is 5.32 Å². The minimum absolute atomic E-state index is 0.0812. The Hall–Kier alpha value is -0.920. The van der Waals surface area contributed by atoms with Crippen LogP contribution in [-0.4, -0.2) is 16.1 Å². The molecular weight excluding hydrogens is 312 g/mol. The summed E-state index contributed by atoms with van der Waals surface area (Å²) < 4.78 is 1.03. The highest BCUT2D eigenvalue weighted by Gasteiger charge is 2.13. The van der Waals surface area contributed by atoms with Crippen LogP contribution in [-0.2, 0) is 6.54 Å². The zero-order valence-electron chi connectivity index (χ0n) is 7.94. The molecule has 2 N–H and O–H groups in total. The summed E-state index contributed by atoms with van der Waals surface area (Å²) in [5.41, 5.74) is 1.60. The molecule has 0 amide bonds. The summed E-state index contributed by atoms with van der Waals surface area (Å²) in [6, 6.07) is 1.96. The molecule has 0 aliphatic rings. The Morgan fingerprint density at radius 3 is 3.00 bits per heavy atom. The Bertz CT molecular complexity index is 509. The molecule has 2 rings (SSSR count). The largest absolute Gasteiger partial charge is 0.476 e. The molecule has 2 aromatic heterocycles. The van der Waals surface area contributed by atoms with E-state index in [2.05, 4.69) is 26.2 Å². The van der Waals surface area contributed by atoms with E-state index < -0.39 is 5.97 Å². The Balaban J connectivity index is 2.08. The molecular formula is C9H7BrN2O2S2. The summed E-state index contributed by atoms with van der Waals surface area (Å²) in [5, 5.41) is 14.5. The number of rotatable bonds is 4. The smallest absolute Gasteiger partial charge is 0.357 e. The van der Waals surface area contributed by atoms with Crippen LogP contribution in [0.25, 0.3) is 0 Å². The molecule has 0 saturated carbocycles. The van der Waals surface area contributed by atoms with Crippen LogP contribution in [0.1, 0.15) is 15.4 Å². The van der Waals surface area contributed by atoms with E-state index in [1.807, 2.05) is 11.4 Å². The van der Waals surface area contributed by atoms with Crippen molar-refractivity contribution in [3.63, 3.8) is 0 Å². The minimum atomic E-state index is -1.01. The van der Waals surface area contributed by atoms with E-state index in [1.165, 1.54) is 16.8 Å². The van der Waals surface area contributed by atoms with E-state index >= 15 is 0 Å². The molecule has 4 nitrogen and oxygen atoms in total. The normalized spacial score (nSPS) is 10.3. The highest BCUT2D eigenvalue weighted by atomic mass is 79.9. The van der Waals surface area contributed by atoms with Crippen molar-refractivity contribution in [1.82, 2.24) is 4.98 Å². The summed E-state index contributed by atoms with van der Waals surface area (Å²) in [6.45, 7) is 0.598. The Kier molecular flexibility index (Phi) is 3.57. The van der Waals surface area contributed by atoms with Crippen molar-refractivity contribution in [3.8, 4) is 0 Å². The third-order valence-electron chi connectivity index (χ3n) is 1.87. The fourth-order valence-electron chi connectivity index (χ4n) is 1.14. The van der Waals surface area contributed by atoms with Crippen LogP contribution in [0.15, 0.2) is 21.4 Å². The van der Waals surface area contributed by atoms with Gasteiger partial charge in [0.1, 0.15) is 5.00 Å². The monoisotopic (exact) mass is 318 g/mol. The lowest BCUT2D eigenvalue weighted by Gasteiger charge is -2.02.